The van der Waals surface area contributed by atoms with Crippen LogP contribution in [0.5, 0.6) is 0 Å². The molecule has 0 aliphatic rings. The van der Waals surface area contributed by atoms with Gasteiger partial charge in [0.1, 0.15) is 11.4 Å². The van der Waals surface area contributed by atoms with E-state index in [-0.39, 0.29) is 11.4 Å². The summed E-state index contributed by atoms with van der Waals surface area (Å²) in [6.45, 7) is 0. The summed E-state index contributed by atoms with van der Waals surface area (Å²) in [6, 6.07) is 7.50. The van der Waals surface area contributed by atoms with Crippen molar-refractivity contribution in [1.82, 2.24) is 4.57 Å². The maximum absolute atomic E-state index is 11.5. The van der Waals surface area contributed by atoms with E-state index in [1.54, 1.807) is 22.9 Å². The van der Waals surface area contributed by atoms with Crippen LogP contribution < -0.4 is 5.73 Å². The lowest BCUT2D eigenvalue weighted by Gasteiger charge is -2.08. The first kappa shape index (κ1) is 12.6. The molecule has 2 rings (SSSR count). The number of nitro benzene ring substituents is 1. The normalized spacial score (nSPS) is 10.2. The van der Waals surface area contributed by atoms with Gasteiger partial charge in [-0.3, -0.25) is 10.1 Å². The number of hydrogen-bond donors (Lipinski definition) is 1. The Hall–Kier alpha value is -2.83. The molecule has 98 valence electrons. The van der Waals surface area contributed by atoms with Gasteiger partial charge in [0.2, 0.25) is 0 Å². The number of carbonyl (C=O) groups excluding carboxylic acids is 1. The third kappa shape index (κ3) is 2.25. The van der Waals surface area contributed by atoms with Gasteiger partial charge in [-0.05, 0) is 24.3 Å². The fourth-order valence-electron chi connectivity index (χ4n) is 1.73. The van der Waals surface area contributed by atoms with Gasteiger partial charge in [0.15, 0.2) is 0 Å². The minimum absolute atomic E-state index is 0.0343. The van der Waals surface area contributed by atoms with Gasteiger partial charge in [0.25, 0.3) is 5.69 Å². The molecule has 7 heteroatoms. The SMILES string of the molecule is COC(=O)c1cccn1-c1ccc([N+](=O)[O-])c(N)c1. The molecule has 0 spiro atoms. The standard InChI is InChI=1S/C12H11N3O4/c1-19-12(16)11-3-2-6-14(11)8-4-5-10(15(17)18)9(13)7-8/h2-7H,13H2,1H3. The topological polar surface area (TPSA) is 100 Å². The molecule has 0 saturated heterocycles. The summed E-state index contributed by atoms with van der Waals surface area (Å²) in [4.78, 5) is 21.7. The number of hydrogen-bond acceptors (Lipinski definition) is 5. The lowest BCUT2D eigenvalue weighted by atomic mass is 10.2. The number of anilines is 1. The zero-order valence-corrected chi connectivity index (χ0v) is 10.1. The number of carbonyl (C=O) groups is 1. The number of methoxy groups -OCH3 is 1. The highest BCUT2D eigenvalue weighted by atomic mass is 16.6. The predicted molar refractivity (Wildman–Crippen MR) is 68.2 cm³/mol. The van der Waals surface area contributed by atoms with Crippen molar-refractivity contribution < 1.29 is 14.5 Å². The summed E-state index contributed by atoms with van der Waals surface area (Å²) in [5, 5.41) is 10.7. The molecule has 0 fully saturated rings. The Morgan fingerprint density at radius 3 is 2.74 bits per heavy atom. The highest BCUT2D eigenvalue weighted by Crippen LogP contribution is 2.25. The highest BCUT2D eigenvalue weighted by molar-refractivity contribution is 5.88. The second-order valence-corrected chi connectivity index (χ2v) is 3.76. The molecule has 0 bridgehead atoms. The van der Waals surface area contributed by atoms with Gasteiger partial charge in [0, 0.05) is 18.0 Å². The number of ether oxygens (including phenoxy) is 1. The van der Waals surface area contributed by atoms with Crippen molar-refractivity contribution in [1.29, 1.82) is 0 Å². The van der Waals surface area contributed by atoms with E-state index in [0.29, 0.717) is 11.4 Å². The van der Waals surface area contributed by atoms with Gasteiger partial charge in [-0.1, -0.05) is 0 Å². The summed E-state index contributed by atoms with van der Waals surface area (Å²) in [5.74, 6) is -0.498. The number of nitrogens with zero attached hydrogens (tertiary/aromatic N) is 2. The van der Waals surface area contributed by atoms with Crippen molar-refractivity contribution in [2.75, 3.05) is 12.8 Å². The first-order valence-corrected chi connectivity index (χ1v) is 5.34. The second-order valence-electron chi connectivity index (χ2n) is 3.76. The van der Waals surface area contributed by atoms with E-state index in [9.17, 15) is 14.9 Å². The quantitative estimate of drug-likeness (QED) is 0.392. The molecule has 0 unspecified atom stereocenters. The molecule has 0 radical (unpaired) electrons. The fraction of sp³-hybridized carbons (Fsp3) is 0.0833. The lowest BCUT2D eigenvalue weighted by molar-refractivity contribution is -0.383. The van der Waals surface area contributed by atoms with Crippen molar-refractivity contribution in [3.8, 4) is 5.69 Å². The molecule has 1 aromatic carbocycles. The van der Waals surface area contributed by atoms with Crippen LogP contribution >= 0.6 is 0 Å². The molecule has 7 nitrogen and oxygen atoms in total. The van der Waals surface area contributed by atoms with Crippen LogP contribution in [-0.4, -0.2) is 22.6 Å². The maximum atomic E-state index is 11.5. The van der Waals surface area contributed by atoms with Gasteiger partial charge in [0.05, 0.1) is 12.0 Å². The van der Waals surface area contributed by atoms with Crippen LogP contribution in [0.1, 0.15) is 10.5 Å². The van der Waals surface area contributed by atoms with Crippen LogP contribution in [0.3, 0.4) is 0 Å². The van der Waals surface area contributed by atoms with Gasteiger partial charge in [-0.2, -0.15) is 0 Å². The Kier molecular flexibility index (Phi) is 3.19. The Morgan fingerprint density at radius 1 is 1.42 bits per heavy atom. The number of esters is 1. The van der Waals surface area contributed by atoms with Crippen molar-refractivity contribution in [2.45, 2.75) is 0 Å². The predicted octanol–water partition coefficient (Wildman–Crippen LogP) is 1.75. The van der Waals surface area contributed by atoms with E-state index in [1.807, 2.05) is 0 Å². The molecule has 2 aromatic rings. The summed E-state index contributed by atoms with van der Waals surface area (Å²) in [7, 11) is 1.28. The van der Waals surface area contributed by atoms with Crippen molar-refractivity contribution in [2.24, 2.45) is 0 Å². The molecule has 0 aliphatic heterocycles. The average Bonchev–Trinajstić information content (AvgIpc) is 2.86. The number of nitro groups is 1. The molecule has 1 aromatic heterocycles. The molecule has 0 amide bonds. The van der Waals surface area contributed by atoms with Crippen LogP contribution in [0.15, 0.2) is 36.5 Å². The van der Waals surface area contributed by atoms with E-state index in [4.69, 9.17) is 5.73 Å². The van der Waals surface area contributed by atoms with Gasteiger partial charge < -0.3 is 15.0 Å². The largest absolute Gasteiger partial charge is 0.464 e. The molecular formula is C12H11N3O4. The van der Waals surface area contributed by atoms with Crippen LogP contribution in [0.25, 0.3) is 5.69 Å². The van der Waals surface area contributed by atoms with Gasteiger partial charge in [-0.25, -0.2) is 4.79 Å². The van der Waals surface area contributed by atoms with Crippen molar-refractivity contribution >= 4 is 17.3 Å². The number of aromatic nitrogens is 1. The molecule has 0 saturated carbocycles. The second kappa shape index (κ2) is 4.81. The minimum Gasteiger partial charge on any atom is -0.464 e. The van der Waals surface area contributed by atoms with Crippen LogP contribution in [-0.2, 0) is 4.74 Å². The summed E-state index contributed by atoms with van der Waals surface area (Å²) >= 11 is 0. The average molecular weight is 261 g/mol. The van der Waals surface area contributed by atoms with Crippen LogP contribution in [0.2, 0.25) is 0 Å². The number of nitrogens with two attached hydrogens (primary N) is 1. The molecule has 2 N–H and O–H groups in total. The third-order valence-corrected chi connectivity index (χ3v) is 2.63. The Morgan fingerprint density at radius 2 is 2.16 bits per heavy atom. The minimum atomic E-state index is -0.560. The van der Waals surface area contributed by atoms with E-state index >= 15 is 0 Å². The lowest BCUT2D eigenvalue weighted by Crippen LogP contribution is -2.09. The van der Waals surface area contributed by atoms with Gasteiger partial charge >= 0.3 is 5.97 Å². The zero-order valence-electron chi connectivity index (χ0n) is 10.1. The van der Waals surface area contributed by atoms with E-state index in [0.717, 1.165) is 0 Å². The third-order valence-electron chi connectivity index (χ3n) is 2.63. The van der Waals surface area contributed by atoms with E-state index in [1.165, 1.54) is 25.3 Å². The van der Waals surface area contributed by atoms with Crippen LogP contribution in [0, 0.1) is 10.1 Å². The summed E-state index contributed by atoms with van der Waals surface area (Å²) < 4.78 is 6.20. The molecule has 0 atom stereocenters. The Labute approximate surface area is 108 Å². The summed E-state index contributed by atoms with van der Waals surface area (Å²) in [5.41, 5.74) is 6.34. The number of rotatable bonds is 3. The zero-order chi connectivity index (χ0) is 14.0. The van der Waals surface area contributed by atoms with E-state index in [2.05, 4.69) is 4.74 Å². The van der Waals surface area contributed by atoms with Gasteiger partial charge in [-0.15, -0.1) is 0 Å². The first-order chi connectivity index (χ1) is 9.04. The molecule has 1 heterocycles. The monoisotopic (exact) mass is 261 g/mol. The molecule has 0 aliphatic carbocycles. The number of nitrogen functional groups attached to an aromatic ring is 1. The fourth-order valence-corrected chi connectivity index (χ4v) is 1.73. The van der Waals surface area contributed by atoms with Crippen LogP contribution in [0.4, 0.5) is 11.4 Å². The van der Waals surface area contributed by atoms with Crippen molar-refractivity contribution in [3.63, 3.8) is 0 Å². The first-order valence-electron chi connectivity index (χ1n) is 5.34. The van der Waals surface area contributed by atoms with Crippen molar-refractivity contribution in [3.05, 3.63) is 52.3 Å². The van der Waals surface area contributed by atoms with E-state index < -0.39 is 10.9 Å². The summed E-state index contributed by atoms with van der Waals surface area (Å²) in [6.07, 6.45) is 1.65. The highest BCUT2D eigenvalue weighted by Gasteiger charge is 2.15. The number of benzene rings is 1. The maximum Gasteiger partial charge on any atom is 0.355 e. The Balaban J connectivity index is 2.49. The molecule has 19 heavy (non-hydrogen) atoms. The Bertz CT molecular complexity index is 648. The molecular weight excluding hydrogens is 250 g/mol. The smallest absolute Gasteiger partial charge is 0.355 e.